The summed E-state index contributed by atoms with van der Waals surface area (Å²) in [4.78, 5) is 12.0. The first kappa shape index (κ1) is 15.6. The Hall–Kier alpha value is -0.770. The number of furan rings is 1. The quantitative estimate of drug-likeness (QED) is 0.857. The molecule has 20 heavy (non-hydrogen) atoms. The third-order valence-electron chi connectivity index (χ3n) is 4.88. The number of hydrogen-bond donors (Lipinski definition) is 1. The second kappa shape index (κ2) is 6.33. The molecule has 1 heterocycles. The zero-order valence-corrected chi connectivity index (χ0v) is 14.1. The molecule has 0 aliphatic heterocycles. The van der Waals surface area contributed by atoms with Crippen LogP contribution in [0, 0.1) is 11.3 Å². The number of rotatable bonds is 4. The maximum Gasteiger partial charge on any atom is 0.287 e. The average Bonchev–Trinajstić information content (AvgIpc) is 2.86. The van der Waals surface area contributed by atoms with E-state index in [-0.39, 0.29) is 11.9 Å². The molecule has 1 aromatic rings. The molecule has 2 rings (SSSR count). The van der Waals surface area contributed by atoms with Gasteiger partial charge in [-0.05, 0) is 65.1 Å². The smallest absolute Gasteiger partial charge is 0.287 e. The average molecular weight is 342 g/mol. The molecule has 112 valence electrons. The molecule has 0 aromatic carbocycles. The lowest BCUT2D eigenvalue weighted by Crippen LogP contribution is -2.39. The van der Waals surface area contributed by atoms with E-state index in [9.17, 15) is 4.79 Å². The van der Waals surface area contributed by atoms with Gasteiger partial charge in [0.15, 0.2) is 10.4 Å². The second-order valence-electron chi connectivity index (χ2n) is 6.47. The number of amides is 1. The Labute approximate surface area is 129 Å². The number of carbonyl (C=O) groups is 1. The van der Waals surface area contributed by atoms with E-state index in [0.717, 1.165) is 18.8 Å². The van der Waals surface area contributed by atoms with Crippen molar-refractivity contribution in [3.8, 4) is 0 Å². The van der Waals surface area contributed by atoms with Crippen molar-refractivity contribution in [3.05, 3.63) is 22.6 Å². The number of hydrogen-bond acceptors (Lipinski definition) is 2. The molecule has 1 saturated carbocycles. The summed E-state index contributed by atoms with van der Waals surface area (Å²) in [5.41, 5.74) is 0.418. The van der Waals surface area contributed by atoms with Gasteiger partial charge in [-0.25, -0.2) is 0 Å². The summed E-state index contributed by atoms with van der Waals surface area (Å²) < 4.78 is 5.88. The Morgan fingerprint density at radius 2 is 2.00 bits per heavy atom. The molecule has 0 spiro atoms. The summed E-state index contributed by atoms with van der Waals surface area (Å²) in [7, 11) is 0. The van der Waals surface area contributed by atoms with Crippen molar-refractivity contribution < 1.29 is 9.21 Å². The van der Waals surface area contributed by atoms with E-state index >= 15 is 0 Å². The van der Waals surface area contributed by atoms with Crippen molar-refractivity contribution in [2.75, 3.05) is 0 Å². The minimum absolute atomic E-state index is 0.103. The van der Waals surface area contributed by atoms with E-state index in [4.69, 9.17) is 4.42 Å². The number of nitrogens with one attached hydrogen (secondary N) is 1. The SMILES string of the molecule is CCC(C)(C)C1CCC(NC(=O)c2ccc(Br)o2)CC1. The first-order valence-electron chi connectivity index (χ1n) is 7.48. The van der Waals surface area contributed by atoms with Gasteiger partial charge in [-0.1, -0.05) is 27.2 Å². The van der Waals surface area contributed by atoms with Gasteiger partial charge in [0.25, 0.3) is 5.91 Å². The Morgan fingerprint density at radius 3 is 2.50 bits per heavy atom. The second-order valence-corrected chi connectivity index (χ2v) is 7.25. The molecular formula is C16H24BrNO2. The predicted octanol–water partition coefficient (Wildman–Crippen LogP) is 4.77. The molecule has 1 aliphatic carbocycles. The highest BCUT2D eigenvalue weighted by Gasteiger charge is 2.32. The first-order valence-corrected chi connectivity index (χ1v) is 8.28. The fourth-order valence-corrected chi connectivity index (χ4v) is 3.31. The van der Waals surface area contributed by atoms with Gasteiger partial charge in [0, 0.05) is 6.04 Å². The van der Waals surface area contributed by atoms with Crippen LogP contribution in [0.2, 0.25) is 0 Å². The lowest BCUT2D eigenvalue weighted by molar-refractivity contribution is 0.0865. The van der Waals surface area contributed by atoms with E-state index < -0.39 is 0 Å². The summed E-state index contributed by atoms with van der Waals surface area (Å²) >= 11 is 3.22. The Balaban J connectivity index is 1.84. The van der Waals surface area contributed by atoms with Gasteiger partial charge in [-0.2, -0.15) is 0 Å². The Bertz CT molecular complexity index is 459. The summed E-state index contributed by atoms with van der Waals surface area (Å²) in [6.07, 6.45) is 5.76. The van der Waals surface area contributed by atoms with Gasteiger partial charge in [0.2, 0.25) is 0 Å². The topological polar surface area (TPSA) is 42.2 Å². The highest BCUT2D eigenvalue weighted by atomic mass is 79.9. The maximum atomic E-state index is 12.0. The summed E-state index contributed by atoms with van der Waals surface area (Å²) in [5.74, 6) is 1.06. The molecule has 0 unspecified atom stereocenters. The van der Waals surface area contributed by atoms with Crippen LogP contribution in [0.25, 0.3) is 0 Å². The van der Waals surface area contributed by atoms with Crippen molar-refractivity contribution in [1.29, 1.82) is 0 Å². The lowest BCUT2D eigenvalue weighted by atomic mass is 9.69. The highest BCUT2D eigenvalue weighted by Crippen LogP contribution is 2.40. The van der Waals surface area contributed by atoms with Gasteiger partial charge in [-0.15, -0.1) is 0 Å². The lowest BCUT2D eigenvalue weighted by Gasteiger charge is -2.39. The van der Waals surface area contributed by atoms with E-state index in [1.165, 1.54) is 19.3 Å². The normalized spacial score (nSPS) is 23.6. The van der Waals surface area contributed by atoms with Gasteiger partial charge < -0.3 is 9.73 Å². The molecule has 1 aromatic heterocycles. The van der Waals surface area contributed by atoms with E-state index in [2.05, 4.69) is 42.0 Å². The zero-order valence-electron chi connectivity index (χ0n) is 12.5. The fraction of sp³-hybridized carbons (Fsp3) is 0.688. The van der Waals surface area contributed by atoms with Crippen LogP contribution in [-0.2, 0) is 0 Å². The molecule has 0 atom stereocenters. The van der Waals surface area contributed by atoms with Gasteiger partial charge in [-0.3, -0.25) is 4.79 Å². The van der Waals surface area contributed by atoms with Crippen LogP contribution in [0.15, 0.2) is 21.2 Å². The molecule has 1 amide bonds. The van der Waals surface area contributed by atoms with Crippen molar-refractivity contribution >= 4 is 21.8 Å². The van der Waals surface area contributed by atoms with Gasteiger partial charge in [0.05, 0.1) is 0 Å². The first-order chi connectivity index (χ1) is 9.42. The van der Waals surface area contributed by atoms with Crippen LogP contribution in [0.4, 0.5) is 0 Å². The zero-order chi connectivity index (χ0) is 14.8. The molecule has 0 saturated heterocycles. The van der Waals surface area contributed by atoms with E-state index in [1.807, 2.05) is 0 Å². The van der Waals surface area contributed by atoms with Crippen molar-refractivity contribution in [3.63, 3.8) is 0 Å². The van der Waals surface area contributed by atoms with Gasteiger partial charge >= 0.3 is 0 Å². The molecule has 0 radical (unpaired) electrons. The van der Waals surface area contributed by atoms with Crippen molar-refractivity contribution in [2.24, 2.45) is 11.3 Å². The highest BCUT2D eigenvalue weighted by molar-refractivity contribution is 9.10. The van der Waals surface area contributed by atoms with Crippen molar-refractivity contribution in [2.45, 2.75) is 58.9 Å². The van der Waals surface area contributed by atoms with Crippen LogP contribution in [0.5, 0.6) is 0 Å². The molecule has 1 fully saturated rings. The van der Waals surface area contributed by atoms with Crippen LogP contribution in [-0.4, -0.2) is 11.9 Å². The van der Waals surface area contributed by atoms with Crippen molar-refractivity contribution in [1.82, 2.24) is 5.32 Å². The Morgan fingerprint density at radius 1 is 1.35 bits per heavy atom. The van der Waals surface area contributed by atoms with Crippen LogP contribution in [0.1, 0.15) is 63.4 Å². The van der Waals surface area contributed by atoms with Gasteiger partial charge in [0.1, 0.15) is 0 Å². The molecule has 4 heteroatoms. The summed E-state index contributed by atoms with van der Waals surface area (Å²) in [5, 5.41) is 3.08. The third-order valence-corrected chi connectivity index (χ3v) is 5.30. The summed E-state index contributed by atoms with van der Waals surface area (Å²) in [6.45, 7) is 6.98. The Kier molecular flexibility index (Phi) is 4.95. The maximum absolute atomic E-state index is 12.0. The minimum Gasteiger partial charge on any atom is -0.444 e. The third kappa shape index (κ3) is 3.66. The van der Waals surface area contributed by atoms with E-state index in [0.29, 0.717) is 15.8 Å². The largest absolute Gasteiger partial charge is 0.444 e. The molecular weight excluding hydrogens is 318 g/mol. The van der Waals surface area contributed by atoms with Crippen LogP contribution in [0.3, 0.4) is 0 Å². The monoisotopic (exact) mass is 341 g/mol. The van der Waals surface area contributed by atoms with Crippen LogP contribution >= 0.6 is 15.9 Å². The number of halogens is 1. The fourth-order valence-electron chi connectivity index (χ4n) is 3.00. The number of carbonyl (C=O) groups excluding carboxylic acids is 1. The predicted molar refractivity (Wildman–Crippen MR) is 83.7 cm³/mol. The molecule has 0 bridgehead atoms. The minimum atomic E-state index is -0.103. The molecule has 1 aliphatic rings. The standard InChI is InChI=1S/C16H24BrNO2/c1-4-16(2,3)11-5-7-12(8-6-11)18-15(19)13-9-10-14(17)20-13/h9-12H,4-8H2,1-3H3,(H,18,19). The molecule has 3 nitrogen and oxygen atoms in total. The van der Waals surface area contributed by atoms with Crippen LogP contribution < -0.4 is 5.32 Å². The van der Waals surface area contributed by atoms with E-state index in [1.54, 1.807) is 12.1 Å². The molecule has 1 N–H and O–H groups in total. The summed E-state index contributed by atoms with van der Waals surface area (Å²) in [6, 6.07) is 3.73.